The summed E-state index contributed by atoms with van der Waals surface area (Å²) in [6.07, 6.45) is -3.48. The number of nitrogen functional groups attached to an aromatic ring is 1. The first-order chi connectivity index (χ1) is 11.4. The zero-order valence-electron chi connectivity index (χ0n) is 12.1. The SMILES string of the molecule is N/C(=N\O)c1c(Br)n([C@@H]2O[C@H](CO)[C@@H](O)[C@H]2O)c2ncnc(N)c12. The van der Waals surface area contributed by atoms with E-state index in [4.69, 9.17) is 21.4 Å². The van der Waals surface area contributed by atoms with E-state index < -0.39 is 31.1 Å². The number of oxime groups is 1. The largest absolute Gasteiger partial charge is 0.409 e. The van der Waals surface area contributed by atoms with Crippen molar-refractivity contribution in [2.45, 2.75) is 24.5 Å². The van der Waals surface area contributed by atoms with Gasteiger partial charge in [0.25, 0.3) is 0 Å². The molecule has 2 aromatic heterocycles. The van der Waals surface area contributed by atoms with Crippen molar-refractivity contribution < 1.29 is 25.3 Å². The van der Waals surface area contributed by atoms with E-state index in [1.807, 2.05) is 0 Å². The van der Waals surface area contributed by atoms with Crippen LogP contribution >= 0.6 is 15.9 Å². The summed E-state index contributed by atoms with van der Waals surface area (Å²) in [6, 6.07) is 0. The fourth-order valence-corrected chi connectivity index (χ4v) is 3.51. The number of fused-ring (bicyclic) bond motifs is 1. The van der Waals surface area contributed by atoms with Gasteiger partial charge in [-0.05, 0) is 15.9 Å². The topological polar surface area (TPSA) is 185 Å². The summed E-state index contributed by atoms with van der Waals surface area (Å²) in [5.74, 6) is -0.174. The van der Waals surface area contributed by atoms with Gasteiger partial charge in [-0.25, -0.2) is 9.97 Å². The molecule has 24 heavy (non-hydrogen) atoms. The lowest BCUT2D eigenvalue weighted by molar-refractivity contribution is -0.0518. The van der Waals surface area contributed by atoms with Gasteiger partial charge < -0.3 is 36.7 Å². The monoisotopic (exact) mass is 402 g/mol. The van der Waals surface area contributed by atoms with Crippen LogP contribution in [0.4, 0.5) is 5.82 Å². The second kappa shape index (κ2) is 6.14. The van der Waals surface area contributed by atoms with Crippen molar-refractivity contribution >= 4 is 38.6 Å². The first-order valence-corrected chi connectivity index (χ1v) is 7.61. The standard InChI is InChI=1S/C12H15BrN6O5/c13-8-4(10(15)18-23)5-9(14)16-2-17-11(5)19(8)12-7(22)6(21)3(1-20)24-12/h2-3,6-7,12,20-23H,1H2,(H2,15,18)(H2,14,16,17)/t3-,6-,7-,12-/m1/s1. The second-order valence-electron chi connectivity index (χ2n) is 5.21. The van der Waals surface area contributed by atoms with E-state index in [1.165, 1.54) is 10.9 Å². The van der Waals surface area contributed by atoms with Crippen molar-refractivity contribution in [1.82, 2.24) is 14.5 Å². The number of anilines is 1. The summed E-state index contributed by atoms with van der Waals surface area (Å²) < 4.78 is 7.17. The molecule has 0 radical (unpaired) electrons. The average Bonchev–Trinajstić information content (AvgIpc) is 3.02. The Hall–Kier alpha value is -1.99. The first kappa shape index (κ1) is 16.9. The minimum Gasteiger partial charge on any atom is -0.409 e. The molecule has 1 saturated heterocycles. The van der Waals surface area contributed by atoms with E-state index in [9.17, 15) is 15.3 Å². The number of nitrogens with two attached hydrogens (primary N) is 2. The maximum absolute atomic E-state index is 10.3. The minimum absolute atomic E-state index is 0.0767. The number of halogens is 1. The number of rotatable bonds is 3. The molecule has 0 aromatic carbocycles. The Bertz CT molecular complexity index is 811. The Labute approximate surface area is 143 Å². The Morgan fingerprint density at radius 3 is 2.67 bits per heavy atom. The number of aliphatic hydroxyl groups excluding tert-OH is 3. The lowest BCUT2D eigenvalue weighted by Gasteiger charge is -2.18. The molecule has 0 amide bonds. The third-order valence-corrected chi connectivity index (χ3v) is 4.67. The van der Waals surface area contributed by atoms with Crippen LogP contribution in [0.3, 0.4) is 0 Å². The van der Waals surface area contributed by atoms with E-state index in [1.54, 1.807) is 0 Å². The van der Waals surface area contributed by atoms with Crippen LogP contribution in [0.1, 0.15) is 11.8 Å². The number of aliphatic hydroxyl groups is 3. The summed E-state index contributed by atoms with van der Waals surface area (Å²) in [5, 5.41) is 41.7. The third kappa shape index (κ3) is 2.31. The van der Waals surface area contributed by atoms with Crippen LogP contribution in [0.5, 0.6) is 0 Å². The maximum atomic E-state index is 10.3. The number of nitrogens with zero attached hydrogens (tertiary/aromatic N) is 4. The van der Waals surface area contributed by atoms with Gasteiger partial charge in [0.05, 0.1) is 17.6 Å². The molecule has 3 rings (SSSR count). The molecular weight excluding hydrogens is 388 g/mol. The lowest BCUT2D eigenvalue weighted by atomic mass is 10.1. The Balaban J connectivity index is 2.27. The van der Waals surface area contributed by atoms with Crippen molar-refractivity contribution in [3.05, 3.63) is 16.5 Å². The number of amidine groups is 1. The van der Waals surface area contributed by atoms with Gasteiger partial charge in [-0.3, -0.25) is 4.57 Å². The van der Waals surface area contributed by atoms with Gasteiger partial charge in [0.15, 0.2) is 12.1 Å². The highest BCUT2D eigenvalue weighted by Gasteiger charge is 2.45. The molecule has 0 saturated carbocycles. The van der Waals surface area contributed by atoms with Gasteiger partial charge in [-0.1, -0.05) is 5.16 Å². The third-order valence-electron chi connectivity index (χ3n) is 3.89. The van der Waals surface area contributed by atoms with Crippen molar-refractivity contribution in [3.8, 4) is 0 Å². The Morgan fingerprint density at radius 1 is 1.38 bits per heavy atom. The smallest absolute Gasteiger partial charge is 0.173 e. The molecule has 8 N–H and O–H groups in total. The predicted molar refractivity (Wildman–Crippen MR) is 85.2 cm³/mol. The van der Waals surface area contributed by atoms with Crippen molar-refractivity contribution in [2.75, 3.05) is 12.3 Å². The summed E-state index contributed by atoms with van der Waals surface area (Å²) in [7, 11) is 0. The quantitative estimate of drug-likeness (QED) is 0.153. The van der Waals surface area contributed by atoms with Crippen LogP contribution < -0.4 is 11.5 Å². The molecule has 0 bridgehead atoms. The number of aromatic nitrogens is 3. The molecule has 0 aliphatic carbocycles. The van der Waals surface area contributed by atoms with Gasteiger partial charge in [-0.15, -0.1) is 0 Å². The minimum atomic E-state index is -1.34. The van der Waals surface area contributed by atoms with E-state index in [2.05, 4.69) is 31.1 Å². The highest BCUT2D eigenvalue weighted by molar-refractivity contribution is 9.10. The lowest BCUT2D eigenvalue weighted by Crippen LogP contribution is -2.33. The van der Waals surface area contributed by atoms with Gasteiger partial charge in [0.2, 0.25) is 0 Å². The Kier molecular flexibility index (Phi) is 4.31. The number of hydrogen-bond donors (Lipinski definition) is 6. The van der Waals surface area contributed by atoms with Crippen LogP contribution in [0.2, 0.25) is 0 Å². The molecular formula is C12H15BrN6O5. The maximum Gasteiger partial charge on any atom is 0.173 e. The van der Waals surface area contributed by atoms with E-state index in [-0.39, 0.29) is 32.9 Å². The van der Waals surface area contributed by atoms with Crippen LogP contribution in [0, 0.1) is 0 Å². The second-order valence-corrected chi connectivity index (χ2v) is 5.96. The molecule has 12 heteroatoms. The van der Waals surface area contributed by atoms with Crippen LogP contribution in [-0.2, 0) is 4.74 Å². The van der Waals surface area contributed by atoms with Crippen LogP contribution in [0.25, 0.3) is 11.0 Å². The van der Waals surface area contributed by atoms with Crippen LogP contribution in [-0.4, -0.2) is 65.8 Å². The van der Waals surface area contributed by atoms with Crippen molar-refractivity contribution in [1.29, 1.82) is 0 Å². The number of hydrogen-bond acceptors (Lipinski definition) is 9. The number of ether oxygens (including phenoxy) is 1. The first-order valence-electron chi connectivity index (χ1n) is 6.82. The zero-order chi connectivity index (χ0) is 17.6. The summed E-state index contributed by atoms with van der Waals surface area (Å²) in [4.78, 5) is 7.99. The molecule has 3 heterocycles. The highest BCUT2D eigenvalue weighted by atomic mass is 79.9. The summed E-state index contributed by atoms with van der Waals surface area (Å²) in [6.45, 7) is -0.476. The molecule has 1 aliphatic heterocycles. The predicted octanol–water partition coefficient (Wildman–Crippen LogP) is -1.52. The van der Waals surface area contributed by atoms with Gasteiger partial charge in [0.1, 0.15) is 40.7 Å². The molecule has 4 atom stereocenters. The molecule has 0 unspecified atom stereocenters. The highest BCUT2D eigenvalue weighted by Crippen LogP contribution is 2.39. The van der Waals surface area contributed by atoms with Gasteiger partial charge >= 0.3 is 0 Å². The van der Waals surface area contributed by atoms with Gasteiger partial charge in [0, 0.05) is 0 Å². The fraction of sp³-hybridized carbons (Fsp3) is 0.417. The fourth-order valence-electron chi connectivity index (χ4n) is 2.74. The normalized spacial score (nSPS) is 27.9. The molecule has 11 nitrogen and oxygen atoms in total. The van der Waals surface area contributed by atoms with E-state index >= 15 is 0 Å². The Morgan fingerprint density at radius 2 is 2.08 bits per heavy atom. The van der Waals surface area contributed by atoms with Crippen LogP contribution in [0.15, 0.2) is 16.1 Å². The van der Waals surface area contributed by atoms with E-state index in [0.717, 1.165) is 0 Å². The van der Waals surface area contributed by atoms with Crippen molar-refractivity contribution in [3.63, 3.8) is 0 Å². The summed E-state index contributed by atoms with van der Waals surface area (Å²) >= 11 is 3.30. The zero-order valence-corrected chi connectivity index (χ0v) is 13.7. The molecule has 2 aromatic rings. The van der Waals surface area contributed by atoms with Crippen molar-refractivity contribution in [2.24, 2.45) is 10.9 Å². The van der Waals surface area contributed by atoms with E-state index in [0.29, 0.717) is 0 Å². The molecule has 1 fully saturated rings. The molecule has 130 valence electrons. The summed E-state index contributed by atoms with van der Waals surface area (Å²) in [5.41, 5.74) is 12.0. The van der Waals surface area contributed by atoms with Gasteiger partial charge in [-0.2, -0.15) is 0 Å². The average molecular weight is 403 g/mol. The molecule has 1 aliphatic rings. The molecule has 0 spiro atoms.